The quantitative estimate of drug-likeness (QED) is 0.377. The summed E-state index contributed by atoms with van der Waals surface area (Å²) in [5, 5.41) is 10.1. The van der Waals surface area contributed by atoms with E-state index in [9.17, 15) is 9.65 Å². The van der Waals surface area contributed by atoms with E-state index in [0.29, 0.717) is 21.9 Å². The highest BCUT2D eigenvalue weighted by molar-refractivity contribution is 7.16. The van der Waals surface area contributed by atoms with E-state index in [1.807, 2.05) is 0 Å². The van der Waals surface area contributed by atoms with Gasteiger partial charge in [0, 0.05) is 11.1 Å². The summed E-state index contributed by atoms with van der Waals surface area (Å²) in [6, 6.07) is 7.42. The van der Waals surface area contributed by atoms with Crippen LogP contribution >= 0.6 is 22.9 Å². The molecule has 0 saturated carbocycles. The van der Waals surface area contributed by atoms with Crippen molar-refractivity contribution >= 4 is 34.2 Å². The Bertz CT molecular complexity index is 1170. The molecule has 0 radical (unpaired) electrons. The molecular formula is C21H16ClFN4O2S. The number of rotatable bonds is 5. The molecule has 0 bridgehead atoms. The third-order valence-electron chi connectivity index (χ3n) is 4.67. The molecule has 9 heteroatoms. The number of methoxy groups -OCH3 is 1. The number of nitriles is 1. The van der Waals surface area contributed by atoms with Crippen LogP contribution in [0, 0.1) is 17.1 Å². The highest BCUT2D eigenvalue weighted by Crippen LogP contribution is 2.39. The number of aromatic nitrogens is 2. The van der Waals surface area contributed by atoms with Gasteiger partial charge in [0.1, 0.15) is 11.1 Å². The van der Waals surface area contributed by atoms with E-state index in [2.05, 4.69) is 21.0 Å². The second-order valence-corrected chi connectivity index (χ2v) is 7.99. The summed E-state index contributed by atoms with van der Waals surface area (Å²) in [6.07, 6.45) is 6.75. The fourth-order valence-corrected chi connectivity index (χ4v) is 4.56. The van der Waals surface area contributed by atoms with Crippen LogP contribution in [0.3, 0.4) is 0 Å². The molecule has 0 spiro atoms. The lowest BCUT2D eigenvalue weighted by atomic mass is 9.96. The lowest BCUT2D eigenvalue weighted by molar-refractivity contribution is 0.363. The van der Waals surface area contributed by atoms with Crippen molar-refractivity contribution in [3.8, 4) is 23.4 Å². The molecular weight excluding hydrogens is 427 g/mol. The van der Waals surface area contributed by atoms with Gasteiger partial charge in [0.15, 0.2) is 11.5 Å². The predicted octanol–water partition coefficient (Wildman–Crippen LogP) is 5.63. The number of benzene rings is 1. The zero-order valence-electron chi connectivity index (χ0n) is 16.0. The Hall–Kier alpha value is -3.02. The van der Waals surface area contributed by atoms with E-state index in [0.717, 1.165) is 37.4 Å². The van der Waals surface area contributed by atoms with Crippen LogP contribution in [-0.4, -0.2) is 23.3 Å². The molecule has 0 amide bonds. The van der Waals surface area contributed by atoms with Gasteiger partial charge < -0.3 is 9.47 Å². The Labute approximate surface area is 181 Å². The molecule has 0 unspecified atom stereocenters. The van der Waals surface area contributed by atoms with Crippen molar-refractivity contribution in [2.75, 3.05) is 7.11 Å². The summed E-state index contributed by atoms with van der Waals surface area (Å²) < 4.78 is 24.8. The van der Waals surface area contributed by atoms with Gasteiger partial charge in [-0.2, -0.15) is 14.6 Å². The molecule has 0 N–H and O–H groups in total. The molecule has 1 aromatic carbocycles. The lowest BCUT2D eigenvalue weighted by Gasteiger charge is -2.10. The van der Waals surface area contributed by atoms with Crippen molar-refractivity contribution < 1.29 is 13.9 Å². The van der Waals surface area contributed by atoms with Crippen molar-refractivity contribution in [3.63, 3.8) is 0 Å². The summed E-state index contributed by atoms with van der Waals surface area (Å²) in [5.41, 5.74) is 2.49. The average Bonchev–Trinajstić information content (AvgIpc) is 3.12. The van der Waals surface area contributed by atoms with Gasteiger partial charge in [0.05, 0.1) is 18.9 Å². The smallest absolute Gasteiger partial charge is 0.260 e. The third-order valence-corrected chi connectivity index (χ3v) is 6.05. The second-order valence-electron chi connectivity index (χ2n) is 6.57. The number of halogens is 2. The zero-order valence-corrected chi connectivity index (χ0v) is 17.6. The first-order valence-corrected chi connectivity index (χ1v) is 10.4. The number of hydrogen-bond donors (Lipinski definition) is 0. The number of aryl methyl sites for hydroxylation is 1. The molecule has 152 valence electrons. The highest BCUT2D eigenvalue weighted by atomic mass is 35.5. The van der Waals surface area contributed by atoms with Gasteiger partial charge in [-0.15, -0.1) is 11.3 Å². The molecule has 0 saturated heterocycles. The maximum atomic E-state index is 14.0. The van der Waals surface area contributed by atoms with Crippen LogP contribution < -0.4 is 9.47 Å². The fraction of sp³-hybridized carbons (Fsp3) is 0.238. The standard InChI is InChI=1S/C21H16ClFN4O2S/c1-28-16-7-6-12(8-17(16)29-19-15(23)11-26-21(22)27-19)10-25-20-14(9-24)13-4-2-3-5-18(13)30-20/h6-8,10-11H,2-5H2,1H3. The van der Waals surface area contributed by atoms with Gasteiger partial charge in [-0.1, -0.05) is 0 Å². The van der Waals surface area contributed by atoms with Crippen molar-refractivity contribution in [2.45, 2.75) is 25.7 Å². The summed E-state index contributed by atoms with van der Waals surface area (Å²) in [5.74, 6) is -0.407. The monoisotopic (exact) mass is 442 g/mol. The van der Waals surface area contributed by atoms with Crippen LogP contribution in [-0.2, 0) is 12.8 Å². The molecule has 30 heavy (non-hydrogen) atoms. The minimum atomic E-state index is -0.747. The minimum Gasteiger partial charge on any atom is -0.493 e. The van der Waals surface area contributed by atoms with Crippen molar-refractivity contribution in [2.24, 2.45) is 4.99 Å². The Morgan fingerprint density at radius 3 is 2.93 bits per heavy atom. The number of nitrogens with zero attached hydrogens (tertiary/aromatic N) is 4. The van der Waals surface area contributed by atoms with Gasteiger partial charge in [-0.25, -0.2) is 9.98 Å². The lowest BCUT2D eigenvalue weighted by Crippen LogP contribution is -1.99. The zero-order chi connectivity index (χ0) is 21.1. The minimum absolute atomic E-state index is 0.131. The molecule has 1 aliphatic rings. The molecule has 3 aromatic rings. The largest absolute Gasteiger partial charge is 0.493 e. The number of ether oxygens (including phenoxy) is 2. The third kappa shape index (κ3) is 4.13. The first-order valence-electron chi connectivity index (χ1n) is 9.21. The van der Waals surface area contributed by atoms with Gasteiger partial charge in [-0.3, -0.25) is 0 Å². The van der Waals surface area contributed by atoms with Crippen molar-refractivity contribution in [3.05, 3.63) is 57.1 Å². The van der Waals surface area contributed by atoms with E-state index in [1.54, 1.807) is 35.8 Å². The number of fused-ring (bicyclic) bond motifs is 1. The van der Waals surface area contributed by atoms with E-state index < -0.39 is 5.82 Å². The Morgan fingerprint density at radius 1 is 1.30 bits per heavy atom. The summed E-state index contributed by atoms with van der Waals surface area (Å²) in [4.78, 5) is 13.1. The Morgan fingerprint density at radius 2 is 2.13 bits per heavy atom. The average molecular weight is 443 g/mol. The Balaban J connectivity index is 1.65. The molecule has 0 atom stereocenters. The maximum Gasteiger partial charge on any atom is 0.260 e. The van der Waals surface area contributed by atoms with E-state index in [1.165, 1.54) is 12.0 Å². The predicted molar refractivity (Wildman–Crippen MR) is 113 cm³/mol. The maximum absolute atomic E-state index is 14.0. The molecule has 2 aromatic heterocycles. The van der Waals surface area contributed by atoms with Crippen LogP contribution in [0.1, 0.15) is 34.4 Å². The van der Waals surface area contributed by atoms with Crippen molar-refractivity contribution in [1.29, 1.82) is 5.26 Å². The topological polar surface area (TPSA) is 80.4 Å². The fourth-order valence-electron chi connectivity index (χ4n) is 3.25. The number of thiophene rings is 1. The van der Waals surface area contributed by atoms with Gasteiger partial charge >= 0.3 is 0 Å². The molecule has 4 rings (SSSR count). The molecule has 6 nitrogen and oxygen atoms in total. The summed E-state index contributed by atoms with van der Waals surface area (Å²) in [7, 11) is 1.48. The Kier molecular flexibility index (Phi) is 5.93. The normalized spacial score (nSPS) is 13.1. The van der Waals surface area contributed by atoms with Gasteiger partial charge in [0.2, 0.25) is 11.1 Å². The molecule has 0 aliphatic heterocycles. The molecule has 1 aliphatic carbocycles. The van der Waals surface area contributed by atoms with Crippen LogP contribution in [0.5, 0.6) is 17.4 Å². The summed E-state index contributed by atoms with van der Waals surface area (Å²) >= 11 is 7.30. The molecule has 2 heterocycles. The van der Waals surface area contributed by atoms with Crippen LogP contribution in [0.2, 0.25) is 5.28 Å². The van der Waals surface area contributed by atoms with E-state index in [-0.39, 0.29) is 16.9 Å². The van der Waals surface area contributed by atoms with E-state index >= 15 is 0 Å². The first kappa shape index (κ1) is 20.3. The summed E-state index contributed by atoms with van der Waals surface area (Å²) in [6.45, 7) is 0. The number of hydrogen-bond acceptors (Lipinski definition) is 7. The van der Waals surface area contributed by atoms with Gasteiger partial charge in [0.25, 0.3) is 5.88 Å². The van der Waals surface area contributed by atoms with E-state index in [4.69, 9.17) is 21.1 Å². The SMILES string of the molecule is COc1ccc(C=Nc2sc3c(c2C#N)CCCC3)cc1Oc1nc(Cl)ncc1F. The molecule has 0 fully saturated rings. The van der Waals surface area contributed by atoms with Crippen LogP contribution in [0.4, 0.5) is 9.39 Å². The van der Waals surface area contributed by atoms with Crippen LogP contribution in [0.15, 0.2) is 29.4 Å². The van der Waals surface area contributed by atoms with Crippen molar-refractivity contribution in [1.82, 2.24) is 9.97 Å². The highest BCUT2D eigenvalue weighted by Gasteiger charge is 2.20. The first-order chi connectivity index (χ1) is 14.6. The van der Waals surface area contributed by atoms with Crippen LogP contribution in [0.25, 0.3) is 0 Å². The number of aliphatic imine (C=N–C) groups is 1. The van der Waals surface area contributed by atoms with Gasteiger partial charge in [-0.05, 0) is 66.6 Å². The second kappa shape index (κ2) is 8.78.